The van der Waals surface area contributed by atoms with E-state index >= 15 is 0 Å². The first-order valence-corrected chi connectivity index (χ1v) is 14.0. The Kier molecular flexibility index (Phi) is 8.47. The number of aryl methyl sites for hydroxylation is 3. The van der Waals surface area contributed by atoms with E-state index in [1.165, 1.54) is 5.56 Å². The van der Waals surface area contributed by atoms with Crippen LogP contribution in [-0.2, 0) is 11.3 Å². The van der Waals surface area contributed by atoms with Crippen molar-refractivity contribution in [1.82, 2.24) is 25.0 Å². The zero-order chi connectivity index (χ0) is 28.3. The number of nitrogens with one attached hydrogen (secondary N) is 2. The highest BCUT2D eigenvalue weighted by Gasteiger charge is 2.29. The number of ether oxygens (including phenoxy) is 1. The van der Waals surface area contributed by atoms with Crippen LogP contribution in [0.25, 0.3) is 11.0 Å². The molecular formula is C30H42N6O3. The molecule has 1 aromatic carbocycles. The van der Waals surface area contributed by atoms with Crippen molar-refractivity contribution in [2.24, 2.45) is 0 Å². The number of carbonyl (C=O) groups excluding carboxylic acids is 2. The molecule has 0 spiro atoms. The second-order valence-corrected chi connectivity index (χ2v) is 11.4. The zero-order valence-electron chi connectivity index (χ0n) is 24.3. The van der Waals surface area contributed by atoms with Gasteiger partial charge in [0.05, 0.1) is 28.9 Å². The number of piperidine rings is 1. The normalized spacial score (nSPS) is 15.3. The van der Waals surface area contributed by atoms with Crippen molar-refractivity contribution in [2.75, 3.05) is 18.4 Å². The molecule has 3 heterocycles. The third-order valence-corrected chi connectivity index (χ3v) is 7.22. The second kappa shape index (κ2) is 11.6. The summed E-state index contributed by atoms with van der Waals surface area (Å²) in [6, 6.07) is 6.31. The average molecular weight is 535 g/mol. The molecule has 1 aliphatic rings. The van der Waals surface area contributed by atoms with Crippen LogP contribution in [0.4, 0.5) is 10.5 Å². The Morgan fingerprint density at radius 3 is 2.46 bits per heavy atom. The molecule has 1 fully saturated rings. The minimum absolute atomic E-state index is 0.0899. The van der Waals surface area contributed by atoms with Crippen molar-refractivity contribution in [2.45, 2.75) is 92.0 Å². The molecule has 210 valence electrons. The van der Waals surface area contributed by atoms with Crippen LogP contribution in [0.5, 0.6) is 0 Å². The molecule has 2 aromatic heterocycles. The molecule has 2 N–H and O–H groups in total. The van der Waals surface area contributed by atoms with Crippen molar-refractivity contribution in [3.05, 3.63) is 52.8 Å². The van der Waals surface area contributed by atoms with Gasteiger partial charge in [-0.3, -0.25) is 4.79 Å². The SMILES string of the molecule is CCC(NC(=O)c1cnc2c(cnn2CC)c1NC1CCN(C(=O)OC(C)(C)C)CC1)c1ccc(C)cc1C. The first-order valence-electron chi connectivity index (χ1n) is 14.0. The summed E-state index contributed by atoms with van der Waals surface area (Å²) in [6.07, 6.45) is 5.40. The van der Waals surface area contributed by atoms with Gasteiger partial charge in [-0.2, -0.15) is 5.10 Å². The Balaban J connectivity index is 1.57. The summed E-state index contributed by atoms with van der Waals surface area (Å²) in [5.41, 5.74) is 4.93. The lowest BCUT2D eigenvalue weighted by Crippen LogP contribution is -2.44. The van der Waals surface area contributed by atoms with E-state index in [0.717, 1.165) is 47.1 Å². The lowest BCUT2D eigenvalue weighted by atomic mass is 9.97. The predicted molar refractivity (Wildman–Crippen MR) is 154 cm³/mol. The highest BCUT2D eigenvalue weighted by Crippen LogP contribution is 2.30. The fourth-order valence-corrected chi connectivity index (χ4v) is 5.18. The lowest BCUT2D eigenvalue weighted by Gasteiger charge is -2.34. The van der Waals surface area contributed by atoms with Gasteiger partial charge >= 0.3 is 6.09 Å². The van der Waals surface area contributed by atoms with Crippen LogP contribution in [0.3, 0.4) is 0 Å². The Morgan fingerprint density at radius 2 is 1.85 bits per heavy atom. The molecular weight excluding hydrogens is 492 g/mol. The minimum atomic E-state index is -0.524. The van der Waals surface area contributed by atoms with Crippen LogP contribution in [0.1, 0.15) is 87.0 Å². The van der Waals surface area contributed by atoms with E-state index in [1.54, 1.807) is 17.3 Å². The number of amides is 2. The van der Waals surface area contributed by atoms with E-state index in [-0.39, 0.29) is 24.1 Å². The number of hydrogen-bond donors (Lipinski definition) is 2. The number of rotatable bonds is 7. The maximum absolute atomic E-state index is 13.7. The van der Waals surface area contributed by atoms with Gasteiger partial charge in [0.25, 0.3) is 5.91 Å². The smallest absolute Gasteiger partial charge is 0.410 e. The van der Waals surface area contributed by atoms with Crippen molar-refractivity contribution < 1.29 is 14.3 Å². The maximum Gasteiger partial charge on any atom is 0.410 e. The van der Waals surface area contributed by atoms with Gasteiger partial charge in [0.15, 0.2) is 5.65 Å². The van der Waals surface area contributed by atoms with Crippen molar-refractivity contribution in [1.29, 1.82) is 0 Å². The molecule has 0 aliphatic carbocycles. The van der Waals surface area contributed by atoms with E-state index < -0.39 is 5.60 Å². The standard InChI is InChI=1S/C30H42N6O3/c1-8-25(22-11-10-19(3)16-20(22)4)34-28(37)24-17-31-27-23(18-32-36(27)9-2)26(24)33-21-12-14-35(15-13-21)29(38)39-30(5,6)7/h10-11,16-18,21,25H,8-9,12-15H2,1-7H3,(H,31,33)(H,34,37). The molecule has 0 radical (unpaired) electrons. The van der Waals surface area contributed by atoms with Crippen LogP contribution in [0, 0.1) is 13.8 Å². The topological polar surface area (TPSA) is 101 Å². The molecule has 4 rings (SSSR count). The number of nitrogens with zero attached hydrogens (tertiary/aromatic N) is 4. The largest absolute Gasteiger partial charge is 0.444 e. The maximum atomic E-state index is 13.7. The number of fused-ring (bicyclic) bond motifs is 1. The predicted octanol–water partition coefficient (Wildman–Crippen LogP) is 5.76. The molecule has 1 saturated heterocycles. The molecule has 1 atom stereocenters. The number of likely N-dealkylation sites (tertiary alicyclic amines) is 1. The van der Waals surface area contributed by atoms with Gasteiger partial charge in [0, 0.05) is 31.9 Å². The van der Waals surface area contributed by atoms with E-state index in [2.05, 4.69) is 59.7 Å². The van der Waals surface area contributed by atoms with Gasteiger partial charge < -0.3 is 20.3 Å². The van der Waals surface area contributed by atoms with Crippen LogP contribution in [-0.4, -0.2) is 56.4 Å². The first kappa shape index (κ1) is 28.4. The molecule has 1 aliphatic heterocycles. The summed E-state index contributed by atoms with van der Waals surface area (Å²) < 4.78 is 7.38. The number of pyridine rings is 1. The van der Waals surface area contributed by atoms with Gasteiger partial charge in [-0.05, 0) is 71.9 Å². The molecule has 3 aromatic rings. The average Bonchev–Trinajstić information content (AvgIpc) is 3.31. The minimum Gasteiger partial charge on any atom is -0.444 e. The number of benzene rings is 1. The van der Waals surface area contributed by atoms with E-state index in [1.807, 2.05) is 32.4 Å². The monoisotopic (exact) mass is 534 g/mol. The van der Waals surface area contributed by atoms with Gasteiger partial charge in [0.1, 0.15) is 5.60 Å². The Hall–Kier alpha value is -3.62. The summed E-state index contributed by atoms with van der Waals surface area (Å²) in [7, 11) is 0. The number of hydrogen-bond acceptors (Lipinski definition) is 6. The molecule has 0 bridgehead atoms. The van der Waals surface area contributed by atoms with Gasteiger partial charge in [-0.25, -0.2) is 14.5 Å². The van der Waals surface area contributed by atoms with Crippen LogP contribution in [0.15, 0.2) is 30.6 Å². The molecule has 39 heavy (non-hydrogen) atoms. The second-order valence-electron chi connectivity index (χ2n) is 11.4. The van der Waals surface area contributed by atoms with Gasteiger partial charge in [-0.15, -0.1) is 0 Å². The third kappa shape index (κ3) is 6.52. The highest BCUT2D eigenvalue weighted by atomic mass is 16.6. The summed E-state index contributed by atoms with van der Waals surface area (Å²) in [4.78, 5) is 32.6. The lowest BCUT2D eigenvalue weighted by molar-refractivity contribution is 0.0210. The number of aromatic nitrogens is 3. The van der Waals surface area contributed by atoms with Crippen molar-refractivity contribution in [3.63, 3.8) is 0 Å². The Morgan fingerprint density at radius 1 is 1.13 bits per heavy atom. The zero-order valence-corrected chi connectivity index (χ0v) is 24.3. The van der Waals surface area contributed by atoms with E-state index in [9.17, 15) is 9.59 Å². The fourth-order valence-electron chi connectivity index (χ4n) is 5.18. The Labute approximate surface area is 231 Å². The first-order chi connectivity index (χ1) is 18.5. The molecule has 1 unspecified atom stereocenters. The molecule has 9 heteroatoms. The van der Waals surface area contributed by atoms with Crippen LogP contribution in [0.2, 0.25) is 0 Å². The van der Waals surface area contributed by atoms with Crippen LogP contribution >= 0.6 is 0 Å². The van der Waals surface area contributed by atoms with Crippen molar-refractivity contribution >= 4 is 28.7 Å². The fraction of sp³-hybridized carbons (Fsp3) is 0.533. The molecule has 9 nitrogen and oxygen atoms in total. The summed E-state index contributed by atoms with van der Waals surface area (Å²) >= 11 is 0. The summed E-state index contributed by atoms with van der Waals surface area (Å²) in [5.74, 6) is -0.172. The van der Waals surface area contributed by atoms with Crippen molar-refractivity contribution in [3.8, 4) is 0 Å². The summed E-state index contributed by atoms with van der Waals surface area (Å²) in [5, 5.41) is 12.2. The van der Waals surface area contributed by atoms with E-state index in [4.69, 9.17) is 4.74 Å². The van der Waals surface area contributed by atoms with Crippen LogP contribution < -0.4 is 10.6 Å². The van der Waals surface area contributed by atoms with E-state index in [0.29, 0.717) is 25.2 Å². The Bertz CT molecular complexity index is 1330. The van der Waals surface area contributed by atoms with Gasteiger partial charge in [-0.1, -0.05) is 30.7 Å². The van der Waals surface area contributed by atoms with Gasteiger partial charge in [0.2, 0.25) is 0 Å². The third-order valence-electron chi connectivity index (χ3n) is 7.22. The molecule has 2 amide bonds. The summed E-state index contributed by atoms with van der Waals surface area (Å²) in [6.45, 7) is 15.7. The molecule has 0 saturated carbocycles. The number of anilines is 1. The highest BCUT2D eigenvalue weighted by molar-refractivity contribution is 6.06. The number of carbonyl (C=O) groups is 2. The quantitative estimate of drug-likeness (QED) is 0.400.